The van der Waals surface area contributed by atoms with Crippen LogP contribution in [0.15, 0.2) is 45.6 Å². The van der Waals surface area contributed by atoms with Crippen LogP contribution in [0, 0.1) is 0 Å². The van der Waals surface area contributed by atoms with Gasteiger partial charge >= 0.3 is 0 Å². The number of likely N-dealkylation sites (N-methyl/N-ethyl adjacent to an activating group) is 1. The standard InChI is InChI=1S/C18H22N4S2/c1-21-7-6-14(12-21)22-8-10-24-17-11-13(4-5-15(17)22)20-18(19)16-3-2-9-23-16/h2-5,9,11,14H,6-8,10,12H2,1H3,(H2,19,20). The molecule has 0 aliphatic carbocycles. The lowest BCUT2D eigenvalue weighted by atomic mass is 10.1. The molecule has 0 saturated carbocycles. The molecule has 4 rings (SSSR count). The van der Waals surface area contributed by atoms with Gasteiger partial charge < -0.3 is 15.5 Å². The number of nitrogens with two attached hydrogens (primary N) is 1. The highest BCUT2D eigenvalue weighted by atomic mass is 32.2. The smallest absolute Gasteiger partial charge is 0.141 e. The van der Waals surface area contributed by atoms with Crippen molar-refractivity contribution in [3.05, 3.63) is 40.6 Å². The monoisotopic (exact) mass is 358 g/mol. The van der Waals surface area contributed by atoms with Gasteiger partial charge in [-0.2, -0.15) is 0 Å². The Labute approximate surface area is 151 Å². The number of hydrogen-bond donors (Lipinski definition) is 1. The molecule has 126 valence electrons. The first-order valence-electron chi connectivity index (χ1n) is 8.31. The second-order valence-corrected chi connectivity index (χ2v) is 8.46. The molecule has 24 heavy (non-hydrogen) atoms. The minimum atomic E-state index is 0.597. The van der Waals surface area contributed by atoms with Crippen molar-refractivity contribution in [2.45, 2.75) is 17.4 Å². The third kappa shape index (κ3) is 3.18. The van der Waals surface area contributed by atoms with Crippen LogP contribution in [0.3, 0.4) is 0 Å². The number of hydrogen-bond acceptors (Lipinski definition) is 5. The molecule has 0 spiro atoms. The van der Waals surface area contributed by atoms with E-state index in [1.165, 1.54) is 23.5 Å². The summed E-state index contributed by atoms with van der Waals surface area (Å²) in [5.74, 6) is 1.74. The minimum Gasteiger partial charge on any atom is -0.383 e. The minimum absolute atomic E-state index is 0.597. The van der Waals surface area contributed by atoms with Gasteiger partial charge in [0.15, 0.2) is 0 Å². The molecule has 1 aromatic heterocycles. The molecule has 3 heterocycles. The molecule has 1 saturated heterocycles. The van der Waals surface area contributed by atoms with Gasteiger partial charge in [-0.15, -0.1) is 23.1 Å². The highest BCUT2D eigenvalue weighted by molar-refractivity contribution is 7.99. The molecule has 1 atom stereocenters. The number of benzene rings is 1. The Morgan fingerprint density at radius 3 is 2.96 bits per heavy atom. The Morgan fingerprint density at radius 1 is 1.29 bits per heavy atom. The van der Waals surface area contributed by atoms with Crippen molar-refractivity contribution in [1.82, 2.24) is 4.90 Å². The Bertz CT molecular complexity index is 741. The lowest BCUT2D eigenvalue weighted by molar-refractivity contribution is 0.408. The van der Waals surface area contributed by atoms with Gasteiger partial charge in [0.25, 0.3) is 0 Å². The summed E-state index contributed by atoms with van der Waals surface area (Å²) in [6.45, 7) is 3.49. The molecule has 2 aliphatic rings. The number of fused-ring (bicyclic) bond motifs is 1. The van der Waals surface area contributed by atoms with Gasteiger partial charge in [-0.05, 0) is 49.7 Å². The van der Waals surface area contributed by atoms with Crippen LogP contribution in [0.25, 0.3) is 0 Å². The van der Waals surface area contributed by atoms with E-state index in [4.69, 9.17) is 5.73 Å². The highest BCUT2D eigenvalue weighted by Gasteiger charge is 2.29. The maximum absolute atomic E-state index is 6.13. The van der Waals surface area contributed by atoms with Crippen LogP contribution in [0.1, 0.15) is 11.3 Å². The average Bonchev–Trinajstić information content (AvgIpc) is 3.25. The molecule has 2 N–H and O–H groups in total. The normalized spacial score (nSPS) is 22.0. The third-order valence-corrected chi connectivity index (χ3v) is 6.59. The number of aliphatic imine (C=N–C) groups is 1. The summed E-state index contributed by atoms with van der Waals surface area (Å²) in [6, 6.07) is 11.2. The zero-order chi connectivity index (χ0) is 16.5. The van der Waals surface area contributed by atoms with Crippen molar-refractivity contribution in [2.24, 2.45) is 10.7 Å². The second kappa shape index (κ2) is 6.78. The van der Waals surface area contributed by atoms with E-state index in [2.05, 4.69) is 40.0 Å². The second-order valence-electron chi connectivity index (χ2n) is 6.37. The van der Waals surface area contributed by atoms with Crippen molar-refractivity contribution < 1.29 is 0 Å². The summed E-state index contributed by atoms with van der Waals surface area (Å²) in [5, 5.41) is 2.02. The van der Waals surface area contributed by atoms with Gasteiger partial charge in [0.2, 0.25) is 0 Å². The lowest BCUT2D eigenvalue weighted by Crippen LogP contribution is -2.40. The molecule has 1 fully saturated rings. The van der Waals surface area contributed by atoms with Crippen LogP contribution < -0.4 is 10.6 Å². The van der Waals surface area contributed by atoms with Crippen molar-refractivity contribution in [3.8, 4) is 0 Å². The number of thioether (sulfide) groups is 1. The maximum atomic E-state index is 6.13. The zero-order valence-electron chi connectivity index (χ0n) is 13.8. The van der Waals surface area contributed by atoms with Crippen molar-refractivity contribution in [3.63, 3.8) is 0 Å². The number of rotatable bonds is 3. The van der Waals surface area contributed by atoms with Crippen LogP contribution in [0.2, 0.25) is 0 Å². The number of nitrogens with zero attached hydrogens (tertiary/aromatic N) is 3. The van der Waals surface area contributed by atoms with Crippen LogP contribution in [0.4, 0.5) is 11.4 Å². The van der Waals surface area contributed by atoms with E-state index in [1.807, 2.05) is 29.3 Å². The topological polar surface area (TPSA) is 44.9 Å². The van der Waals surface area contributed by atoms with E-state index < -0.39 is 0 Å². The fraction of sp³-hybridized carbons (Fsp3) is 0.389. The SMILES string of the molecule is CN1CCC(N2CCSc3cc(N=C(N)c4cccs4)ccc32)C1. The van der Waals surface area contributed by atoms with Crippen LogP contribution >= 0.6 is 23.1 Å². The quantitative estimate of drug-likeness (QED) is 0.675. The summed E-state index contributed by atoms with van der Waals surface area (Å²) < 4.78 is 0. The Balaban J connectivity index is 1.60. The predicted octanol–water partition coefficient (Wildman–Crippen LogP) is 3.40. The number of likely N-dealkylation sites (tertiary alicyclic amines) is 1. The summed E-state index contributed by atoms with van der Waals surface area (Å²) >= 11 is 3.55. The molecular weight excluding hydrogens is 336 g/mol. The first kappa shape index (κ1) is 16.0. The van der Waals surface area contributed by atoms with Gasteiger partial charge in [-0.1, -0.05) is 6.07 Å². The van der Waals surface area contributed by atoms with E-state index in [0.717, 1.165) is 29.4 Å². The van der Waals surface area contributed by atoms with Gasteiger partial charge in [0.05, 0.1) is 16.3 Å². The largest absolute Gasteiger partial charge is 0.383 e. The van der Waals surface area contributed by atoms with E-state index in [0.29, 0.717) is 11.9 Å². The van der Waals surface area contributed by atoms with Gasteiger partial charge in [-0.25, -0.2) is 4.99 Å². The summed E-state index contributed by atoms with van der Waals surface area (Å²) in [4.78, 5) is 12.0. The van der Waals surface area contributed by atoms with Crippen LogP contribution in [-0.4, -0.2) is 49.2 Å². The summed E-state index contributed by atoms with van der Waals surface area (Å²) in [5.41, 5.74) is 8.43. The Morgan fingerprint density at radius 2 is 2.21 bits per heavy atom. The van der Waals surface area contributed by atoms with Crippen molar-refractivity contribution in [1.29, 1.82) is 0 Å². The first-order valence-corrected chi connectivity index (χ1v) is 10.2. The van der Waals surface area contributed by atoms with E-state index >= 15 is 0 Å². The molecule has 0 bridgehead atoms. The fourth-order valence-corrected chi connectivity index (χ4v) is 5.14. The molecule has 1 aromatic carbocycles. The molecule has 0 radical (unpaired) electrons. The lowest BCUT2D eigenvalue weighted by Gasteiger charge is -2.35. The zero-order valence-corrected chi connectivity index (χ0v) is 15.4. The molecule has 6 heteroatoms. The molecule has 2 aromatic rings. The number of anilines is 1. The Kier molecular flexibility index (Phi) is 4.52. The van der Waals surface area contributed by atoms with E-state index in [1.54, 1.807) is 11.3 Å². The molecule has 1 unspecified atom stereocenters. The van der Waals surface area contributed by atoms with Crippen molar-refractivity contribution >= 4 is 40.3 Å². The molecule has 4 nitrogen and oxygen atoms in total. The van der Waals surface area contributed by atoms with E-state index in [-0.39, 0.29) is 0 Å². The van der Waals surface area contributed by atoms with E-state index in [9.17, 15) is 0 Å². The number of amidine groups is 1. The third-order valence-electron chi connectivity index (χ3n) is 4.67. The van der Waals surface area contributed by atoms with Gasteiger partial charge in [-0.3, -0.25) is 0 Å². The molecule has 2 aliphatic heterocycles. The van der Waals surface area contributed by atoms with Gasteiger partial charge in [0.1, 0.15) is 5.84 Å². The van der Waals surface area contributed by atoms with Crippen LogP contribution in [0.5, 0.6) is 0 Å². The van der Waals surface area contributed by atoms with Crippen LogP contribution in [-0.2, 0) is 0 Å². The molecular formula is C18H22N4S2. The Hall–Kier alpha value is -1.50. The number of thiophene rings is 1. The van der Waals surface area contributed by atoms with Crippen molar-refractivity contribution in [2.75, 3.05) is 37.3 Å². The summed E-state index contributed by atoms with van der Waals surface area (Å²) in [7, 11) is 2.21. The van der Waals surface area contributed by atoms with Gasteiger partial charge in [0, 0.05) is 29.8 Å². The predicted molar refractivity (Wildman–Crippen MR) is 105 cm³/mol. The first-order chi connectivity index (χ1) is 11.7. The maximum Gasteiger partial charge on any atom is 0.141 e. The summed E-state index contributed by atoms with van der Waals surface area (Å²) in [6.07, 6.45) is 1.26. The highest BCUT2D eigenvalue weighted by Crippen LogP contribution is 2.39. The average molecular weight is 359 g/mol. The molecule has 0 amide bonds. The fourth-order valence-electron chi connectivity index (χ4n) is 3.46.